The third-order valence-corrected chi connectivity index (χ3v) is 15.4. The third-order valence-electron chi connectivity index (χ3n) is 12.5. The summed E-state index contributed by atoms with van der Waals surface area (Å²) in [4.78, 5) is 71.7. The summed E-state index contributed by atoms with van der Waals surface area (Å²) in [7, 11) is 5.07. The highest BCUT2D eigenvalue weighted by Gasteiger charge is 2.40. The number of nitrogens with one attached hydrogen (secondary N) is 2. The second-order valence-corrected chi connectivity index (χ2v) is 22.1. The van der Waals surface area contributed by atoms with Crippen molar-refractivity contribution in [3.8, 4) is 5.75 Å². The van der Waals surface area contributed by atoms with Gasteiger partial charge in [-0.3, -0.25) is 24.1 Å². The molecule has 0 radical (unpaired) electrons. The van der Waals surface area contributed by atoms with E-state index in [-0.39, 0.29) is 60.3 Å². The first-order chi connectivity index (χ1) is 31.0. The molecule has 3 amide bonds. The zero-order chi connectivity index (χ0) is 47.3. The summed E-state index contributed by atoms with van der Waals surface area (Å²) in [5.74, 6) is -2.61. The van der Waals surface area contributed by atoms with E-state index in [1.54, 1.807) is 42.0 Å². The smallest absolute Gasteiger partial charge is 0.347 e. The number of amides is 3. The molecule has 2 aromatic carbocycles. The minimum absolute atomic E-state index is 0.00802. The van der Waals surface area contributed by atoms with Crippen molar-refractivity contribution >= 4 is 62.8 Å². The maximum absolute atomic E-state index is 14.0. The van der Waals surface area contributed by atoms with Crippen molar-refractivity contribution in [1.82, 2.24) is 20.4 Å². The number of carbonyl (C=O) groups excluding carboxylic acids is 5. The Bertz CT molecular complexity index is 1960. The van der Waals surface area contributed by atoms with Gasteiger partial charge in [0.2, 0.25) is 17.7 Å². The van der Waals surface area contributed by atoms with Crippen molar-refractivity contribution in [1.29, 1.82) is 0 Å². The number of piperazine rings is 1. The number of methoxy groups -OCH3 is 1. The molecule has 0 aromatic heterocycles. The zero-order valence-corrected chi connectivity index (χ0v) is 41.7. The second-order valence-electron chi connectivity index (χ2n) is 18.6. The molecule has 16 heteroatoms. The van der Waals surface area contributed by atoms with E-state index in [9.17, 15) is 24.0 Å². The Kier molecular flexibility index (Phi) is 20.0. The summed E-state index contributed by atoms with van der Waals surface area (Å²) in [5.41, 5.74) is 2.90. The molecule has 358 valence electrons. The fraction of sp³-hybridized carbons (Fsp3) is 0.612. The number of cyclic esters (lactones) is 2. The molecular formula is C49H69ClN4O9S2. The van der Waals surface area contributed by atoms with Crippen molar-refractivity contribution in [2.75, 3.05) is 52.7 Å². The molecule has 2 fully saturated rings. The van der Waals surface area contributed by atoms with E-state index in [2.05, 4.69) is 59.9 Å². The topological polar surface area (TPSA) is 153 Å². The largest absolute Gasteiger partial charge is 0.495 e. The molecule has 0 aliphatic carbocycles. The Hall–Kier alpha value is -3.76. The molecule has 13 nitrogen and oxygen atoms in total. The van der Waals surface area contributed by atoms with Crippen molar-refractivity contribution < 1.29 is 42.9 Å². The summed E-state index contributed by atoms with van der Waals surface area (Å²) in [6, 6.07) is 12.7. The predicted octanol–water partition coefficient (Wildman–Crippen LogP) is 7.59. The lowest BCUT2D eigenvalue weighted by atomic mass is 9.80. The monoisotopic (exact) mass is 956 g/mol. The van der Waals surface area contributed by atoms with Gasteiger partial charge < -0.3 is 34.5 Å². The Morgan fingerprint density at radius 1 is 0.985 bits per heavy atom. The van der Waals surface area contributed by atoms with Crippen LogP contribution in [0.3, 0.4) is 0 Å². The molecule has 7 atom stereocenters. The lowest BCUT2D eigenvalue weighted by molar-refractivity contribution is -0.177. The van der Waals surface area contributed by atoms with Crippen LogP contribution in [0.25, 0.3) is 0 Å². The number of hydrogen-bond acceptors (Lipinski definition) is 12. The van der Waals surface area contributed by atoms with Crippen LogP contribution in [0.2, 0.25) is 5.02 Å². The molecule has 0 saturated carbocycles. The van der Waals surface area contributed by atoms with E-state index in [0.29, 0.717) is 29.4 Å². The summed E-state index contributed by atoms with van der Waals surface area (Å²) in [6.07, 6.45) is 5.73. The van der Waals surface area contributed by atoms with Crippen molar-refractivity contribution in [2.45, 2.75) is 116 Å². The number of halogens is 1. The van der Waals surface area contributed by atoms with Crippen LogP contribution in [-0.2, 0) is 51.1 Å². The highest BCUT2D eigenvalue weighted by Crippen LogP contribution is 2.42. The maximum Gasteiger partial charge on any atom is 0.347 e. The van der Waals surface area contributed by atoms with E-state index in [1.807, 2.05) is 36.5 Å². The van der Waals surface area contributed by atoms with Crippen LogP contribution in [0.5, 0.6) is 5.75 Å². The minimum Gasteiger partial charge on any atom is -0.495 e. The number of esters is 2. The number of rotatable bonds is 15. The first-order valence-electron chi connectivity index (χ1n) is 22.9. The lowest BCUT2D eigenvalue weighted by Crippen LogP contribution is -2.49. The quantitative estimate of drug-likeness (QED) is 0.134. The van der Waals surface area contributed by atoms with Crippen LogP contribution in [0.15, 0.2) is 54.6 Å². The molecule has 3 heterocycles. The van der Waals surface area contributed by atoms with Gasteiger partial charge in [-0.15, -0.1) is 0 Å². The average molecular weight is 958 g/mol. The summed E-state index contributed by atoms with van der Waals surface area (Å²) in [5, 5.41) is 5.94. The average Bonchev–Trinajstić information content (AvgIpc) is 3.76. The Morgan fingerprint density at radius 3 is 2.35 bits per heavy atom. The van der Waals surface area contributed by atoms with Gasteiger partial charge in [0.15, 0.2) is 6.10 Å². The molecule has 0 bridgehead atoms. The summed E-state index contributed by atoms with van der Waals surface area (Å²) >= 11 is 6.38. The van der Waals surface area contributed by atoms with Gasteiger partial charge in [0.25, 0.3) is 0 Å². The number of hydrogen-bond donors (Lipinski definition) is 2. The van der Waals surface area contributed by atoms with Gasteiger partial charge in [-0.05, 0) is 92.0 Å². The van der Waals surface area contributed by atoms with E-state index in [1.165, 1.54) is 18.7 Å². The van der Waals surface area contributed by atoms with Crippen LogP contribution >= 0.6 is 33.2 Å². The van der Waals surface area contributed by atoms with E-state index in [0.717, 1.165) is 51.1 Å². The molecule has 3 aliphatic rings. The van der Waals surface area contributed by atoms with Crippen molar-refractivity contribution in [3.05, 3.63) is 76.3 Å². The Balaban J connectivity index is 1.28. The van der Waals surface area contributed by atoms with Gasteiger partial charge in [0, 0.05) is 69.9 Å². The SMILES string of the molecule is COc1ccc(C[C@H]2NC(=O)/C=C/C[C@@H]([C@H](C)[C@H]3CCO[C@@H]3c3ccc(CN4CCN(C(=O)CCC(C)(C)SSC)CC4)cc3)OC(=O)[C@H](CC(C)C)OC(=O)[C@H](C)CNC2=O)cc1Cl. The third kappa shape index (κ3) is 15.7. The van der Waals surface area contributed by atoms with Gasteiger partial charge in [-0.25, -0.2) is 4.79 Å². The maximum atomic E-state index is 14.0. The molecule has 2 N–H and O–H groups in total. The first-order valence-corrected chi connectivity index (χ1v) is 25.8. The van der Waals surface area contributed by atoms with Crippen LogP contribution < -0.4 is 15.4 Å². The predicted molar refractivity (Wildman–Crippen MR) is 257 cm³/mol. The molecule has 2 aromatic rings. The summed E-state index contributed by atoms with van der Waals surface area (Å²) in [6.45, 7) is 16.2. The highest BCUT2D eigenvalue weighted by atomic mass is 35.5. The number of benzene rings is 2. The van der Waals surface area contributed by atoms with Crippen molar-refractivity contribution in [3.63, 3.8) is 0 Å². The van der Waals surface area contributed by atoms with E-state index < -0.39 is 47.9 Å². The molecule has 5 rings (SSSR count). The molecular weight excluding hydrogens is 888 g/mol. The lowest BCUT2D eigenvalue weighted by Gasteiger charge is -2.35. The van der Waals surface area contributed by atoms with Crippen LogP contribution in [0.4, 0.5) is 0 Å². The van der Waals surface area contributed by atoms with Crippen molar-refractivity contribution in [2.24, 2.45) is 23.7 Å². The van der Waals surface area contributed by atoms with Gasteiger partial charge >= 0.3 is 11.9 Å². The van der Waals surface area contributed by atoms with Crippen LogP contribution in [-0.4, -0.2) is 115 Å². The van der Waals surface area contributed by atoms with Gasteiger partial charge in [0.05, 0.1) is 24.2 Å². The summed E-state index contributed by atoms with van der Waals surface area (Å²) < 4.78 is 23.8. The Labute approximate surface area is 398 Å². The molecule has 0 unspecified atom stereocenters. The van der Waals surface area contributed by atoms with Gasteiger partial charge in [-0.2, -0.15) is 0 Å². The Morgan fingerprint density at radius 2 is 1.69 bits per heavy atom. The van der Waals surface area contributed by atoms with E-state index >= 15 is 0 Å². The minimum atomic E-state index is -1.16. The number of ether oxygens (including phenoxy) is 4. The standard InChI is InChI=1S/C49H69ClN4O9S2/c1-31(2)26-42-48(59)62-40(10-9-11-43(55)52-39(46(57)51-29-32(3)47(58)63-42)28-35-14-17-41(60-7)38(50)27-35)33(4)37-19-25-61-45(37)36-15-12-34(13-16-36)30-53-21-23-54(24-22-53)44(56)18-20-49(5,6)65-64-8/h9,11-17,27,31-33,37,39-40,42,45H,10,18-26,28-30H2,1-8H3,(H,51,57)(H,52,55)/b11-9+/t32-,33-,37-,39-,40+,42+,45-/m1/s1. The normalized spacial score (nSPS) is 25.4. The highest BCUT2D eigenvalue weighted by molar-refractivity contribution is 8.76. The number of carbonyl (C=O) groups is 5. The van der Waals surface area contributed by atoms with Crippen LogP contribution in [0.1, 0.15) is 96.4 Å². The first kappa shape index (κ1) is 52.2. The fourth-order valence-corrected chi connectivity index (χ4v) is 11.1. The molecule has 2 saturated heterocycles. The fourth-order valence-electron chi connectivity index (χ4n) is 8.57. The molecule has 0 spiro atoms. The van der Waals surface area contributed by atoms with E-state index in [4.69, 9.17) is 30.5 Å². The second kappa shape index (κ2) is 24.8. The molecule has 3 aliphatic heterocycles. The van der Waals surface area contributed by atoms with Gasteiger partial charge in [0.1, 0.15) is 17.9 Å². The van der Waals surface area contributed by atoms with Gasteiger partial charge in [-0.1, -0.05) is 97.3 Å². The van der Waals surface area contributed by atoms with Crippen LogP contribution in [0, 0.1) is 23.7 Å². The molecule has 65 heavy (non-hydrogen) atoms. The number of nitrogens with zero attached hydrogens (tertiary/aromatic N) is 2. The zero-order valence-electron chi connectivity index (χ0n) is 39.3.